The maximum atomic E-state index is 12.3. The first kappa shape index (κ1) is 19.8. The zero-order valence-corrected chi connectivity index (χ0v) is 14.8. The maximum Gasteiger partial charge on any atom is 0.141 e. The average molecular weight is 291 g/mol. The first-order valence-corrected chi connectivity index (χ1v) is 8.41. The summed E-state index contributed by atoms with van der Waals surface area (Å²) in [6, 6.07) is 0. The molecule has 0 amide bonds. The molecule has 2 unspecified atom stereocenters. The van der Waals surface area contributed by atoms with Crippen LogP contribution >= 0.6 is 0 Å². The lowest BCUT2D eigenvalue weighted by Crippen LogP contribution is -2.18. The molecule has 120 valence electrons. The number of ketones is 1. The molecule has 0 aromatic heterocycles. The molecule has 0 aliphatic carbocycles. The predicted molar refractivity (Wildman–Crippen MR) is 93.8 cm³/mol. The van der Waals surface area contributed by atoms with Gasteiger partial charge >= 0.3 is 0 Å². The van der Waals surface area contributed by atoms with Gasteiger partial charge in [-0.2, -0.15) is 0 Å². The lowest BCUT2D eigenvalue weighted by atomic mass is 9.86. The van der Waals surface area contributed by atoms with Crippen molar-refractivity contribution in [3.05, 3.63) is 23.4 Å². The van der Waals surface area contributed by atoms with Crippen LogP contribution in [0.15, 0.2) is 28.4 Å². The number of hydrogen-bond acceptors (Lipinski definition) is 2. The highest BCUT2D eigenvalue weighted by Crippen LogP contribution is 2.26. The molecule has 0 aliphatic heterocycles. The molecule has 0 fully saturated rings. The number of Topliss-reactive ketones (excluding diaryl/α,β-unsaturated/α-hetero) is 1. The van der Waals surface area contributed by atoms with E-state index in [2.05, 4.69) is 31.8 Å². The molecular weight excluding hydrogens is 258 g/mol. The molecule has 0 spiro atoms. The average Bonchev–Trinajstić information content (AvgIpc) is 2.49. The Morgan fingerprint density at radius 3 is 2.19 bits per heavy atom. The summed E-state index contributed by atoms with van der Waals surface area (Å²) in [4.78, 5) is 16.9. The molecule has 0 rings (SSSR count). The van der Waals surface area contributed by atoms with E-state index in [1.165, 1.54) is 18.4 Å². The third-order valence-electron chi connectivity index (χ3n) is 3.97. The van der Waals surface area contributed by atoms with E-state index in [4.69, 9.17) is 0 Å². The quantitative estimate of drug-likeness (QED) is 0.472. The molecule has 0 aromatic carbocycles. The summed E-state index contributed by atoms with van der Waals surface area (Å²) in [6.45, 7) is 12.5. The van der Waals surface area contributed by atoms with Crippen molar-refractivity contribution in [2.24, 2.45) is 16.8 Å². The minimum atomic E-state index is -0.0484. The van der Waals surface area contributed by atoms with Gasteiger partial charge in [-0.15, -0.1) is 0 Å². The van der Waals surface area contributed by atoms with Crippen LogP contribution in [0.1, 0.15) is 73.6 Å². The summed E-state index contributed by atoms with van der Waals surface area (Å²) in [5, 5.41) is 0. The van der Waals surface area contributed by atoms with E-state index in [0.29, 0.717) is 18.1 Å². The monoisotopic (exact) mass is 291 g/mol. The lowest BCUT2D eigenvalue weighted by Gasteiger charge is -2.20. The van der Waals surface area contributed by atoms with Crippen LogP contribution in [0, 0.1) is 11.8 Å². The van der Waals surface area contributed by atoms with Crippen LogP contribution in [-0.4, -0.2) is 12.0 Å². The minimum Gasteiger partial charge on any atom is -0.299 e. The number of rotatable bonds is 10. The number of carbonyl (C=O) groups excluding carboxylic acids is 1. The summed E-state index contributed by atoms with van der Waals surface area (Å²) >= 11 is 0. The van der Waals surface area contributed by atoms with Crippen molar-refractivity contribution in [1.82, 2.24) is 0 Å². The van der Waals surface area contributed by atoms with Crippen molar-refractivity contribution in [2.75, 3.05) is 0 Å². The molecule has 0 bridgehead atoms. The van der Waals surface area contributed by atoms with Crippen molar-refractivity contribution in [2.45, 2.75) is 73.6 Å². The second-order valence-electron chi connectivity index (χ2n) is 5.69. The summed E-state index contributed by atoms with van der Waals surface area (Å²) in [5.41, 5.74) is 2.14. The zero-order valence-electron chi connectivity index (χ0n) is 14.8. The van der Waals surface area contributed by atoms with Gasteiger partial charge in [-0.05, 0) is 38.2 Å². The molecule has 21 heavy (non-hydrogen) atoms. The fourth-order valence-corrected chi connectivity index (χ4v) is 2.57. The Hall–Kier alpha value is -1.18. The first-order valence-electron chi connectivity index (χ1n) is 8.41. The highest BCUT2D eigenvalue weighted by atomic mass is 16.1. The van der Waals surface area contributed by atoms with Crippen molar-refractivity contribution in [3.63, 3.8) is 0 Å². The van der Waals surface area contributed by atoms with Crippen molar-refractivity contribution < 1.29 is 4.79 Å². The van der Waals surface area contributed by atoms with Gasteiger partial charge in [0.25, 0.3) is 0 Å². The molecule has 0 aliphatic rings. The van der Waals surface area contributed by atoms with Crippen LogP contribution in [0.2, 0.25) is 0 Å². The first-order chi connectivity index (χ1) is 10.0. The second-order valence-corrected chi connectivity index (χ2v) is 5.69. The van der Waals surface area contributed by atoms with E-state index in [1.54, 1.807) is 0 Å². The maximum absolute atomic E-state index is 12.3. The van der Waals surface area contributed by atoms with E-state index < -0.39 is 0 Å². The molecular formula is C19H33NO. The van der Waals surface area contributed by atoms with E-state index >= 15 is 0 Å². The molecule has 0 N–H and O–H groups in total. The van der Waals surface area contributed by atoms with E-state index in [9.17, 15) is 4.79 Å². The van der Waals surface area contributed by atoms with Gasteiger partial charge in [-0.3, -0.25) is 9.79 Å². The van der Waals surface area contributed by atoms with Gasteiger partial charge in [0.2, 0.25) is 0 Å². The van der Waals surface area contributed by atoms with Gasteiger partial charge in [0.1, 0.15) is 5.78 Å². The number of nitrogens with zero attached hydrogens (tertiary/aromatic N) is 1. The van der Waals surface area contributed by atoms with E-state index in [-0.39, 0.29) is 5.92 Å². The van der Waals surface area contributed by atoms with Gasteiger partial charge in [0.05, 0.1) is 5.92 Å². The fourth-order valence-electron chi connectivity index (χ4n) is 2.57. The Balaban J connectivity index is 5.14. The van der Waals surface area contributed by atoms with Gasteiger partial charge in [0.15, 0.2) is 0 Å². The van der Waals surface area contributed by atoms with E-state index in [1.807, 2.05) is 33.1 Å². The molecule has 0 aromatic rings. The van der Waals surface area contributed by atoms with Crippen LogP contribution in [0.5, 0.6) is 0 Å². The third-order valence-corrected chi connectivity index (χ3v) is 3.97. The largest absolute Gasteiger partial charge is 0.299 e. The molecule has 2 heteroatoms. The molecule has 0 saturated heterocycles. The Bertz CT molecular complexity index is 390. The third kappa shape index (κ3) is 7.40. The van der Waals surface area contributed by atoms with Crippen molar-refractivity contribution in [3.8, 4) is 0 Å². The van der Waals surface area contributed by atoms with Crippen molar-refractivity contribution in [1.29, 1.82) is 0 Å². The minimum absolute atomic E-state index is 0.0484. The highest BCUT2D eigenvalue weighted by molar-refractivity contribution is 5.85. The fraction of sp³-hybridized carbons (Fsp3) is 0.684. The van der Waals surface area contributed by atoms with Crippen LogP contribution in [0.3, 0.4) is 0 Å². The van der Waals surface area contributed by atoms with Gasteiger partial charge < -0.3 is 0 Å². The lowest BCUT2D eigenvalue weighted by molar-refractivity contribution is -0.122. The highest BCUT2D eigenvalue weighted by Gasteiger charge is 2.22. The second kappa shape index (κ2) is 11.5. The molecule has 2 nitrogen and oxygen atoms in total. The predicted octanol–water partition coefficient (Wildman–Crippen LogP) is 5.74. The SMILES string of the molecule is C\C=C(/C=N/C(=C/C)C(CC(C)CCC)C(=O)CC)CC. The molecule has 0 heterocycles. The zero-order chi connectivity index (χ0) is 16.3. The Morgan fingerprint density at radius 2 is 1.76 bits per heavy atom. The Kier molecular flexibility index (Phi) is 10.8. The topological polar surface area (TPSA) is 29.4 Å². The standard InChI is InChI=1S/C19H33NO/c1-7-12-15(6)13-17(19(21)11-5)18(10-4)20-14-16(8-2)9-3/h8,10,14-15,17H,7,9,11-13H2,1-6H3/b16-8-,18-10+,20-14+. The number of hydrogen-bond donors (Lipinski definition) is 0. The van der Waals surface area contributed by atoms with E-state index in [0.717, 1.165) is 18.5 Å². The van der Waals surface area contributed by atoms with Gasteiger partial charge in [-0.25, -0.2) is 0 Å². The van der Waals surface area contributed by atoms with Crippen LogP contribution in [0.4, 0.5) is 0 Å². The van der Waals surface area contributed by atoms with Crippen LogP contribution in [0.25, 0.3) is 0 Å². The number of allylic oxidation sites excluding steroid dienone is 4. The van der Waals surface area contributed by atoms with Gasteiger partial charge in [0, 0.05) is 18.3 Å². The Labute approximate surface area is 131 Å². The number of carbonyl (C=O) groups is 1. The normalized spacial score (nSPS) is 16.3. The molecule has 0 saturated carbocycles. The van der Waals surface area contributed by atoms with Crippen LogP contribution < -0.4 is 0 Å². The summed E-state index contributed by atoms with van der Waals surface area (Å²) < 4.78 is 0. The Morgan fingerprint density at radius 1 is 1.10 bits per heavy atom. The van der Waals surface area contributed by atoms with Gasteiger partial charge in [-0.1, -0.05) is 52.7 Å². The van der Waals surface area contributed by atoms with Crippen LogP contribution in [-0.2, 0) is 4.79 Å². The molecule has 0 radical (unpaired) electrons. The summed E-state index contributed by atoms with van der Waals surface area (Å²) in [5.74, 6) is 0.822. The van der Waals surface area contributed by atoms with Crippen molar-refractivity contribution >= 4 is 12.0 Å². The summed E-state index contributed by atoms with van der Waals surface area (Å²) in [7, 11) is 0. The number of aliphatic imine (C=N–C) groups is 1. The summed E-state index contributed by atoms with van der Waals surface area (Å²) in [6.07, 6.45) is 10.8. The molecule has 2 atom stereocenters. The smallest absolute Gasteiger partial charge is 0.141 e.